The van der Waals surface area contributed by atoms with Crippen LogP contribution in [-0.4, -0.2) is 35.4 Å². The summed E-state index contributed by atoms with van der Waals surface area (Å²) in [5.74, 6) is 0.978. The molecule has 3 nitrogen and oxygen atoms in total. The summed E-state index contributed by atoms with van der Waals surface area (Å²) in [5, 5.41) is 0. The molecule has 0 aliphatic rings. The molecule has 1 amide bonds. The lowest BCUT2D eigenvalue weighted by molar-refractivity contribution is -0.133. The summed E-state index contributed by atoms with van der Waals surface area (Å²) in [6.45, 7) is 3.33. The number of rotatable bonds is 7. The van der Waals surface area contributed by atoms with E-state index in [0.717, 1.165) is 17.7 Å². The van der Waals surface area contributed by atoms with E-state index in [-0.39, 0.29) is 11.9 Å². The molecule has 0 spiro atoms. The molecule has 0 radical (unpaired) electrons. The van der Waals surface area contributed by atoms with Gasteiger partial charge in [-0.1, -0.05) is 30.3 Å². The van der Waals surface area contributed by atoms with Crippen LogP contribution >= 0.6 is 11.8 Å². The van der Waals surface area contributed by atoms with E-state index in [2.05, 4.69) is 0 Å². The highest BCUT2D eigenvalue weighted by atomic mass is 32.2. The van der Waals surface area contributed by atoms with Gasteiger partial charge in [-0.3, -0.25) is 4.79 Å². The fourth-order valence-electron chi connectivity index (χ4n) is 1.75. The molecule has 0 bridgehead atoms. The first-order chi connectivity index (χ1) is 8.69. The van der Waals surface area contributed by atoms with Gasteiger partial charge in [-0.15, -0.1) is 0 Å². The van der Waals surface area contributed by atoms with Crippen molar-refractivity contribution in [3.05, 3.63) is 35.9 Å². The first kappa shape index (κ1) is 15.1. The van der Waals surface area contributed by atoms with Crippen LogP contribution in [0.2, 0.25) is 0 Å². The molecule has 2 N–H and O–H groups in total. The van der Waals surface area contributed by atoms with Gasteiger partial charge < -0.3 is 10.6 Å². The standard InChI is InChI=1S/C14H22N2OS/c1-3-16(11-12-7-5-4-6-8-12)14(17)13(15)9-10-18-2/h4-8,13H,3,9-11,15H2,1-2H3/t13-/m0/s1. The third-order valence-electron chi connectivity index (χ3n) is 2.86. The van der Waals surface area contributed by atoms with Crippen LogP contribution < -0.4 is 5.73 Å². The molecule has 4 heteroatoms. The molecule has 0 saturated heterocycles. The molecule has 0 fully saturated rings. The van der Waals surface area contributed by atoms with Crippen molar-refractivity contribution >= 4 is 17.7 Å². The Morgan fingerprint density at radius 1 is 1.39 bits per heavy atom. The first-order valence-electron chi connectivity index (χ1n) is 6.26. The highest BCUT2D eigenvalue weighted by Crippen LogP contribution is 2.08. The van der Waals surface area contributed by atoms with Crippen LogP contribution in [0.5, 0.6) is 0 Å². The lowest BCUT2D eigenvalue weighted by atomic mass is 10.1. The van der Waals surface area contributed by atoms with Gasteiger partial charge in [0.1, 0.15) is 0 Å². The van der Waals surface area contributed by atoms with Crippen molar-refractivity contribution < 1.29 is 4.79 Å². The van der Waals surface area contributed by atoms with E-state index in [1.54, 1.807) is 11.8 Å². The second kappa shape index (κ2) is 8.16. The average Bonchev–Trinajstić information content (AvgIpc) is 2.42. The van der Waals surface area contributed by atoms with Gasteiger partial charge in [-0.2, -0.15) is 11.8 Å². The molecule has 1 aromatic carbocycles. The summed E-state index contributed by atoms with van der Waals surface area (Å²) >= 11 is 1.72. The molecule has 100 valence electrons. The Morgan fingerprint density at radius 2 is 2.06 bits per heavy atom. The predicted octanol–water partition coefficient (Wildman–Crippen LogP) is 2.12. The Morgan fingerprint density at radius 3 is 2.61 bits per heavy atom. The van der Waals surface area contributed by atoms with Gasteiger partial charge in [0.15, 0.2) is 0 Å². The monoisotopic (exact) mass is 266 g/mol. The van der Waals surface area contributed by atoms with Crippen molar-refractivity contribution in [2.24, 2.45) is 5.73 Å². The lowest BCUT2D eigenvalue weighted by Gasteiger charge is -2.24. The van der Waals surface area contributed by atoms with Crippen molar-refractivity contribution in [1.82, 2.24) is 4.90 Å². The van der Waals surface area contributed by atoms with Crippen LogP contribution in [0, 0.1) is 0 Å². The number of thioether (sulfide) groups is 1. The molecule has 1 rings (SSSR count). The molecular formula is C14H22N2OS. The lowest BCUT2D eigenvalue weighted by Crippen LogP contribution is -2.43. The molecule has 1 aromatic rings. The van der Waals surface area contributed by atoms with E-state index in [4.69, 9.17) is 5.73 Å². The molecular weight excluding hydrogens is 244 g/mol. The Hall–Kier alpha value is -1.00. The maximum Gasteiger partial charge on any atom is 0.239 e. The number of carbonyl (C=O) groups is 1. The van der Waals surface area contributed by atoms with Gasteiger partial charge in [0.2, 0.25) is 5.91 Å². The van der Waals surface area contributed by atoms with Crippen LogP contribution in [-0.2, 0) is 11.3 Å². The van der Waals surface area contributed by atoms with E-state index in [1.165, 1.54) is 0 Å². The summed E-state index contributed by atoms with van der Waals surface area (Å²) in [6, 6.07) is 9.64. The highest BCUT2D eigenvalue weighted by molar-refractivity contribution is 7.98. The van der Waals surface area contributed by atoms with Crippen molar-refractivity contribution in [2.45, 2.75) is 25.9 Å². The van der Waals surface area contributed by atoms with Crippen molar-refractivity contribution in [3.63, 3.8) is 0 Å². The minimum Gasteiger partial charge on any atom is -0.337 e. The van der Waals surface area contributed by atoms with Crippen LogP contribution in [0.15, 0.2) is 30.3 Å². The summed E-state index contributed by atoms with van der Waals surface area (Å²) in [6.07, 6.45) is 2.77. The molecule has 18 heavy (non-hydrogen) atoms. The third-order valence-corrected chi connectivity index (χ3v) is 3.50. The molecule has 1 atom stereocenters. The maximum atomic E-state index is 12.2. The van der Waals surface area contributed by atoms with Gasteiger partial charge in [0.25, 0.3) is 0 Å². The Kier molecular flexibility index (Phi) is 6.83. The van der Waals surface area contributed by atoms with E-state index >= 15 is 0 Å². The molecule has 0 heterocycles. The highest BCUT2D eigenvalue weighted by Gasteiger charge is 2.19. The predicted molar refractivity (Wildman–Crippen MR) is 78.5 cm³/mol. The first-order valence-corrected chi connectivity index (χ1v) is 7.65. The van der Waals surface area contributed by atoms with Crippen molar-refractivity contribution in [1.29, 1.82) is 0 Å². The molecule has 0 aromatic heterocycles. The Balaban J connectivity index is 2.57. The van der Waals surface area contributed by atoms with E-state index in [9.17, 15) is 4.79 Å². The van der Waals surface area contributed by atoms with Crippen LogP contribution in [0.4, 0.5) is 0 Å². The SMILES string of the molecule is CCN(Cc1ccccc1)C(=O)[C@@H](N)CCSC. The van der Waals surface area contributed by atoms with Crippen LogP contribution in [0.3, 0.4) is 0 Å². The normalized spacial score (nSPS) is 12.2. The number of nitrogens with two attached hydrogens (primary N) is 1. The van der Waals surface area contributed by atoms with Crippen molar-refractivity contribution in [2.75, 3.05) is 18.6 Å². The summed E-state index contributed by atoms with van der Waals surface area (Å²) < 4.78 is 0. The molecule has 0 aliphatic heterocycles. The van der Waals surface area contributed by atoms with Gasteiger partial charge >= 0.3 is 0 Å². The minimum atomic E-state index is -0.374. The zero-order valence-corrected chi connectivity index (χ0v) is 12.0. The molecule has 0 unspecified atom stereocenters. The maximum absolute atomic E-state index is 12.2. The number of hydrogen-bond acceptors (Lipinski definition) is 3. The number of nitrogens with zero attached hydrogens (tertiary/aromatic N) is 1. The smallest absolute Gasteiger partial charge is 0.239 e. The zero-order chi connectivity index (χ0) is 13.4. The summed E-state index contributed by atoms with van der Waals surface area (Å²) in [7, 11) is 0. The number of hydrogen-bond donors (Lipinski definition) is 1. The van der Waals surface area contributed by atoms with Crippen LogP contribution in [0.1, 0.15) is 18.9 Å². The number of carbonyl (C=O) groups excluding carboxylic acids is 1. The second-order valence-corrected chi connectivity index (χ2v) is 5.21. The Labute approximate surface area is 114 Å². The quantitative estimate of drug-likeness (QED) is 0.822. The van der Waals surface area contributed by atoms with Crippen LogP contribution in [0.25, 0.3) is 0 Å². The second-order valence-electron chi connectivity index (χ2n) is 4.23. The van der Waals surface area contributed by atoms with Gasteiger partial charge in [0.05, 0.1) is 6.04 Å². The van der Waals surface area contributed by atoms with E-state index in [1.807, 2.05) is 48.4 Å². The third kappa shape index (κ3) is 4.70. The fraction of sp³-hybridized carbons (Fsp3) is 0.500. The Bertz CT molecular complexity index is 356. The molecule has 0 aliphatic carbocycles. The number of likely N-dealkylation sites (N-methyl/N-ethyl adjacent to an activating group) is 1. The molecule has 0 saturated carbocycles. The van der Waals surface area contributed by atoms with Gasteiger partial charge in [0, 0.05) is 13.1 Å². The van der Waals surface area contributed by atoms with Gasteiger partial charge in [-0.05, 0) is 30.9 Å². The van der Waals surface area contributed by atoms with Crippen molar-refractivity contribution in [3.8, 4) is 0 Å². The van der Waals surface area contributed by atoms with E-state index < -0.39 is 0 Å². The largest absolute Gasteiger partial charge is 0.337 e. The zero-order valence-electron chi connectivity index (χ0n) is 11.1. The summed E-state index contributed by atoms with van der Waals surface area (Å²) in [5.41, 5.74) is 7.07. The number of benzene rings is 1. The number of amides is 1. The minimum absolute atomic E-state index is 0.0513. The van der Waals surface area contributed by atoms with Gasteiger partial charge in [-0.25, -0.2) is 0 Å². The average molecular weight is 266 g/mol. The fourth-order valence-corrected chi connectivity index (χ4v) is 2.24. The van der Waals surface area contributed by atoms with E-state index in [0.29, 0.717) is 13.1 Å². The summed E-state index contributed by atoms with van der Waals surface area (Å²) in [4.78, 5) is 14.0. The topological polar surface area (TPSA) is 46.3 Å².